The van der Waals surface area contributed by atoms with Gasteiger partial charge in [0.1, 0.15) is 18.5 Å². The molecule has 0 aromatic heterocycles. The number of benzene rings is 1. The zero-order chi connectivity index (χ0) is 27.5. The van der Waals surface area contributed by atoms with Crippen LogP contribution in [0, 0.1) is 5.92 Å². The molecule has 4 aliphatic rings. The third kappa shape index (κ3) is 5.43. The van der Waals surface area contributed by atoms with E-state index in [4.69, 9.17) is 9.47 Å². The summed E-state index contributed by atoms with van der Waals surface area (Å²) in [5, 5.41) is 23.9. The number of rotatable bonds is 9. The van der Waals surface area contributed by atoms with Crippen molar-refractivity contribution in [3.05, 3.63) is 34.9 Å². The number of aldehydes is 1. The molecular formula is C30H40N2O7. The first-order chi connectivity index (χ1) is 19.0. The third-order valence-electron chi connectivity index (χ3n) is 8.93. The van der Waals surface area contributed by atoms with Crippen molar-refractivity contribution in [2.45, 2.75) is 94.4 Å². The van der Waals surface area contributed by atoms with Crippen molar-refractivity contribution in [1.29, 1.82) is 0 Å². The van der Waals surface area contributed by atoms with Crippen LogP contribution in [0.2, 0.25) is 0 Å². The van der Waals surface area contributed by atoms with E-state index >= 15 is 0 Å². The van der Waals surface area contributed by atoms with Crippen LogP contribution in [0.4, 0.5) is 0 Å². The lowest BCUT2D eigenvalue weighted by molar-refractivity contribution is -0.142. The first kappa shape index (κ1) is 27.6. The summed E-state index contributed by atoms with van der Waals surface area (Å²) in [6, 6.07) is 2.49. The number of nitrogens with zero attached hydrogens (tertiary/aromatic N) is 1. The Morgan fingerprint density at radius 2 is 1.85 bits per heavy atom. The molecule has 0 unspecified atom stereocenters. The van der Waals surface area contributed by atoms with Gasteiger partial charge in [0.2, 0.25) is 11.8 Å². The molecule has 2 fully saturated rings. The van der Waals surface area contributed by atoms with Gasteiger partial charge in [-0.25, -0.2) is 0 Å². The Hall–Kier alpha value is -2.91. The highest BCUT2D eigenvalue weighted by Gasteiger charge is 2.52. The van der Waals surface area contributed by atoms with E-state index in [1.807, 2.05) is 4.90 Å². The maximum Gasteiger partial charge on any atom is 0.247 e. The molecule has 39 heavy (non-hydrogen) atoms. The molecule has 212 valence electrons. The quantitative estimate of drug-likeness (QED) is 0.411. The van der Waals surface area contributed by atoms with Crippen LogP contribution in [0.5, 0.6) is 11.5 Å². The zero-order valence-electron chi connectivity index (χ0n) is 22.6. The average Bonchev–Trinajstić information content (AvgIpc) is 3.61. The van der Waals surface area contributed by atoms with Crippen molar-refractivity contribution in [2.75, 3.05) is 20.3 Å². The normalized spacial score (nSPS) is 26.7. The van der Waals surface area contributed by atoms with Crippen LogP contribution >= 0.6 is 0 Å². The smallest absolute Gasteiger partial charge is 0.247 e. The number of carbonyl (C=O) groups excluding carboxylic acids is 3. The topological polar surface area (TPSA) is 125 Å². The van der Waals surface area contributed by atoms with E-state index in [1.54, 1.807) is 18.2 Å². The number of amides is 2. The highest BCUT2D eigenvalue weighted by atomic mass is 16.5. The largest absolute Gasteiger partial charge is 0.493 e. The van der Waals surface area contributed by atoms with Gasteiger partial charge < -0.3 is 29.9 Å². The lowest BCUT2D eigenvalue weighted by Gasteiger charge is -2.45. The zero-order valence-corrected chi connectivity index (χ0v) is 22.6. The van der Waals surface area contributed by atoms with Crippen molar-refractivity contribution in [3.8, 4) is 11.5 Å². The maximum absolute atomic E-state index is 13.9. The minimum atomic E-state index is -1.09. The van der Waals surface area contributed by atoms with E-state index in [9.17, 15) is 24.6 Å². The van der Waals surface area contributed by atoms with Crippen LogP contribution in [-0.2, 0) is 9.59 Å². The molecule has 0 saturated heterocycles. The van der Waals surface area contributed by atoms with Gasteiger partial charge in [-0.1, -0.05) is 32.1 Å². The second-order valence-electron chi connectivity index (χ2n) is 11.3. The van der Waals surface area contributed by atoms with Crippen LogP contribution in [0.15, 0.2) is 23.8 Å². The Kier molecular flexibility index (Phi) is 8.57. The number of fused-ring (bicyclic) bond motifs is 3. The van der Waals surface area contributed by atoms with E-state index in [2.05, 4.69) is 5.32 Å². The summed E-state index contributed by atoms with van der Waals surface area (Å²) in [7, 11) is 1.48. The number of aliphatic hydroxyl groups is 2. The number of nitrogens with one attached hydrogen (secondary N) is 1. The number of ether oxygens (including phenoxy) is 2. The molecule has 3 aliphatic carbocycles. The molecule has 4 atom stereocenters. The van der Waals surface area contributed by atoms with Gasteiger partial charge in [-0.15, -0.1) is 0 Å². The molecule has 2 saturated carbocycles. The summed E-state index contributed by atoms with van der Waals surface area (Å²) in [6.07, 6.45) is 10.2. The minimum Gasteiger partial charge on any atom is -0.493 e. The Labute approximate surface area is 229 Å². The molecule has 0 bridgehead atoms. The summed E-state index contributed by atoms with van der Waals surface area (Å²) in [4.78, 5) is 41.0. The van der Waals surface area contributed by atoms with Crippen molar-refractivity contribution in [3.63, 3.8) is 0 Å². The fourth-order valence-electron chi connectivity index (χ4n) is 7.07. The SMILES string of the molecule is COc1cc(C=O)cc2c1O[C@@H]1[C@@H](O)[C@H](N(C(=O)CC3CCCC3)C3CCCCC3)C=C(C(=O)NCCO)[C@H]21. The fourth-order valence-corrected chi connectivity index (χ4v) is 7.07. The molecule has 0 radical (unpaired) electrons. The van der Waals surface area contributed by atoms with E-state index in [1.165, 1.54) is 7.11 Å². The van der Waals surface area contributed by atoms with Crippen LogP contribution in [0.3, 0.4) is 0 Å². The highest BCUT2D eigenvalue weighted by Crippen LogP contribution is 2.51. The van der Waals surface area contributed by atoms with E-state index in [-0.39, 0.29) is 25.1 Å². The molecule has 9 nitrogen and oxygen atoms in total. The molecule has 1 aromatic carbocycles. The first-order valence-electron chi connectivity index (χ1n) is 14.4. The van der Waals surface area contributed by atoms with Gasteiger partial charge in [-0.3, -0.25) is 14.4 Å². The van der Waals surface area contributed by atoms with Crippen molar-refractivity contribution >= 4 is 18.1 Å². The first-order valence-corrected chi connectivity index (χ1v) is 14.4. The van der Waals surface area contributed by atoms with Crippen molar-refractivity contribution < 1.29 is 34.1 Å². The van der Waals surface area contributed by atoms with Crippen molar-refractivity contribution in [1.82, 2.24) is 10.2 Å². The Bertz CT molecular complexity index is 1110. The summed E-state index contributed by atoms with van der Waals surface area (Å²) in [5.41, 5.74) is 1.32. The monoisotopic (exact) mass is 540 g/mol. The fraction of sp³-hybridized carbons (Fsp3) is 0.633. The van der Waals surface area contributed by atoms with E-state index in [0.29, 0.717) is 46.8 Å². The van der Waals surface area contributed by atoms with Gasteiger partial charge in [0.05, 0.1) is 25.7 Å². The highest BCUT2D eigenvalue weighted by molar-refractivity contribution is 5.96. The van der Waals surface area contributed by atoms with Crippen molar-refractivity contribution in [2.24, 2.45) is 5.92 Å². The van der Waals surface area contributed by atoms with Crippen LogP contribution in [0.25, 0.3) is 0 Å². The number of methoxy groups -OCH3 is 1. The molecule has 2 amide bonds. The molecule has 0 spiro atoms. The van der Waals surface area contributed by atoms with Crippen LogP contribution < -0.4 is 14.8 Å². The molecule has 5 rings (SSSR count). The number of hydrogen-bond donors (Lipinski definition) is 3. The molecule has 1 heterocycles. The average molecular weight is 541 g/mol. The van der Waals surface area contributed by atoms with Crippen LogP contribution in [-0.4, -0.2) is 77.8 Å². The van der Waals surface area contributed by atoms with E-state index < -0.39 is 30.1 Å². The Morgan fingerprint density at radius 1 is 1.13 bits per heavy atom. The Balaban J connectivity index is 1.56. The summed E-state index contributed by atoms with van der Waals surface area (Å²) in [6.45, 7) is -0.150. The second kappa shape index (κ2) is 12.1. The molecule has 3 N–H and O–H groups in total. The second-order valence-corrected chi connectivity index (χ2v) is 11.3. The molecule has 9 heteroatoms. The van der Waals surface area contributed by atoms with Gasteiger partial charge in [-0.05, 0) is 49.8 Å². The van der Waals surface area contributed by atoms with Gasteiger partial charge in [0.15, 0.2) is 11.5 Å². The molecule has 1 aliphatic heterocycles. The predicted molar refractivity (Wildman–Crippen MR) is 144 cm³/mol. The van der Waals surface area contributed by atoms with Gasteiger partial charge >= 0.3 is 0 Å². The maximum atomic E-state index is 13.9. The predicted octanol–water partition coefficient (Wildman–Crippen LogP) is 2.87. The molecular weight excluding hydrogens is 500 g/mol. The summed E-state index contributed by atoms with van der Waals surface area (Å²) >= 11 is 0. The van der Waals surface area contributed by atoms with Gasteiger partial charge in [-0.2, -0.15) is 0 Å². The Morgan fingerprint density at radius 3 is 2.51 bits per heavy atom. The number of hydrogen-bond acceptors (Lipinski definition) is 7. The third-order valence-corrected chi connectivity index (χ3v) is 8.93. The summed E-state index contributed by atoms with van der Waals surface area (Å²) < 4.78 is 11.8. The number of carbonyl (C=O) groups is 3. The number of aliphatic hydroxyl groups excluding tert-OH is 2. The summed E-state index contributed by atoms with van der Waals surface area (Å²) in [5.74, 6) is 0.0708. The standard InChI is InChI=1S/C30H40N2O7/c1-38-24-14-19(17-34)13-21-26-22(30(37)31-11-12-33)16-23(27(36)29(26)39-28(21)24)32(20-9-3-2-4-10-20)25(35)15-18-7-5-6-8-18/h13-14,16-18,20,23,26-27,29,33,36H,2-12,15H2,1H3,(H,31,37)/t23-,26+,27+,29+/m1/s1. The molecule has 1 aromatic rings. The lowest BCUT2D eigenvalue weighted by Crippen LogP contribution is -2.58. The van der Waals surface area contributed by atoms with E-state index in [0.717, 1.165) is 57.8 Å². The van der Waals surface area contributed by atoms with Gasteiger partial charge in [0, 0.05) is 35.7 Å². The lowest BCUT2D eigenvalue weighted by atomic mass is 9.76. The minimum absolute atomic E-state index is 0.0122. The van der Waals surface area contributed by atoms with Crippen LogP contribution in [0.1, 0.15) is 86.0 Å². The van der Waals surface area contributed by atoms with Gasteiger partial charge in [0.25, 0.3) is 0 Å².